The van der Waals surface area contributed by atoms with E-state index in [1.54, 1.807) is 30.0 Å². The van der Waals surface area contributed by atoms with E-state index < -0.39 is 0 Å². The van der Waals surface area contributed by atoms with Gasteiger partial charge in [0.2, 0.25) is 0 Å². The molecule has 1 aliphatic rings. The average molecular weight is 281 g/mol. The van der Waals surface area contributed by atoms with Gasteiger partial charge in [-0.15, -0.1) is 0 Å². The highest BCUT2D eigenvalue weighted by Crippen LogP contribution is 2.24. The standard InChI is InChI=1S/C13H23N5O2/c1-17(8-10-5-3-4-6-11(10)19)13(20)14-7-12-15-9-18(2)16-12/h9-11,19H,3-8H2,1-2H3,(H,14,20)/t10-,11-/m1/s1. The van der Waals surface area contributed by atoms with Gasteiger partial charge >= 0.3 is 6.03 Å². The predicted octanol–water partition coefficient (Wildman–Crippen LogP) is 0.508. The summed E-state index contributed by atoms with van der Waals surface area (Å²) in [6, 6.07) is -0.157. The first-order valence-electron chi connectivity index (χ1n) is 7.08. The molecule has 1 fully saturated rings. The number of hydrogen-bond acceptors (Lipinski definition) is 4. The van der Waals surface area contributed by atoms with Gasteiger partial charge in [0.1, 0.15) is 6.33 Å². The smallest absolute Gasteiger partial charge is 0.317 e. The van der Waals surface area contributed by atoms with E-state index in [-0.39, 0.29) is 18.1 Å². The van der Waals surface area contributed by atoms with Crippen LogP contribution >= 0.6 is 0 Å². The van der Waals surface area contributed by atoms with Crippen molar-refractivity contribution in [3.63, 3.8) is 0 Å². The van der Waals surface area contributed by atoms with Crippen LogP contribution in [-0.4, -0.2) is 50.5 Å². The molecule has 0 saturated heterocycles. The van der Waals surface area contributed by atoms with Gasteiger partial charge in [0.25, 0.3) is 0 Å². The lowest BCUT2D eigenvalue weighted by molar-refractivity contribution is 0.0564. The minimum Gasteiger partial charge on any atom is -0.393 e. The van der Waals surface area contributed by atoms with Crippen LogP contribution in [0.5, 0.6) is 0 Å². The van der Waals surface area contributed by atoms with Crippen LogP contribution in [-0.2, 0) is 13.6 Å². The first-order valence-corrected chi connectivity index (χ1v) is 7.08. The van der Waals surface area contributed by atoms with Crippen LogP contribution in [0.2, 0.25) is 0 Å². The topological polar surface area (TPSA) is 83.3 Å². The van der Waals surface area contributed by atoms with Gasteiger partial charge in [-0.3, -0.25) is 4.68 Å². The Labute approximate surface area is 119 Å². The summed E-state index contributed by atoms with van der Waals surface area (Å²) in [6.07, 6.45) is 5.37. The van der Waals surface area contributed by atoms with Crippen LogP contribution in [0, 0.1) is 5.92 Å². The van der Waals surface area contributed by atoms with Crippen LogP contribution < -0.4 is 5.32 Å². The fraction of sp³-hybridized carbons (Fsp3) is 0.769. The summed E-state index contributed by atoms with van der Waals surface area (Å²) in [5, 5.41) is 16.8. The number of carbonyl (C=O) groups excluding carboxylic acids is 1. The van der Waals surface area contributed by atoms with Crippen molar-refractivity contribution in [1.29, 1.82) is 0 Å². The molecule has 0 unspecified atom stereocenters. The second-order valence-electron chi connectivity index (χ2n) is 5.49. The Hall–Kier alpha value is -1.63. The second kappa shape index (κ2) is 6.69. The summed E-state index contributed by atoms with van der Waals surface area (Å²) in [5.41, 5.74) is 0. The van der Waals surface area contributed by atoms with Gasteiger partial charge in [-0.2, -0.15) is 5.10 Å². The van der Waals surface area contributed by atoms with Crippen molar-refractivity contribution in [2.24, 2.45) is 13.0 Å². The Kier molecular flexibility index (Phi) is 4.94. The lowest BCUT2D eigenvalue weighted by Crippen LogP contribution is -2.42. The van der Waals surface area contributed by atoms with Gasteiger partial charge in [-0.25, -0.2) is 9.78 Å². The molecule has 0 aliphatic heterocycles. The van der Waals surface area contributed by atoms with Gasteiger partial charge in [0.15, 0.2) is 5.82 Å². The summed E-state index contributed by atoms with van der Waals surface area (Å²) in [4.78, 5) is 17.7. The zero-order valence-corrected chi connectivity index (χ0v) is 12.1. The monoisotopic (exact) mass is 281 g/mol. The number of carbonyl (C=O) groups is 1. The van der Waals surface area contributed by atoms with Crippen LogP contribution in [0.3, 0.4) is 0 Å². The molecular weight excluding hydrogens is 258 g/mol. The molecule has 2 rings (SSSR count). The van der Waals surface area contributed by atoms with Gasteiger partial charge in [-0.05, 0) is 12.8 Å². The number of nitrogens with zero attached hydrogens (tertiary/aromatic N) is 4. The summed E-state index contributed by atoms with van der Waals surface area (Å²) in [5.74, 6) is 0.777. The molecule has 1 aromatic heterocycles. The van der Waals surface area contributed by atoms with E-state index in [0.717, 1.165) is 25.7 Å². The van der Waals surface area contributed by atoms with Crippen molar-refractivity contribution >= 4 is 6.03 Å². The molecular formula is C13H23N5O2. The Bertz CT molecular complexity index is 448. The maximum absolute atomic E-state index is 12.0. The number of amides is 2. The highest BCUT2D eigenvalue weighted by molar-refractivity contribution is 5.73. The molecule has 7 nitrogen and oxygen atoms in total. The Morgan fingerprint density at radius 3 is 2.95 bits per heavy atom. The summed E-state index contributed by atoms with van der Waals surface area (Å²) in [7, 11) is 3.54. The first kappa shape index (κ1) is 14.8. The number of nitrogens with one attached hydrogen (secondary N) is 1. The van der Waals surface area contributed by atoms with E-state index in [4.69, 9.17) is 0 Å². The molecule has 2 amide bonds. The molecule has 20 heavy (non-hydrogen) atoms. The lowest BCUT2D eigenvalue weighted by Gasteiger charge is -2.31. The summed E-state index contributed by atoms with van der Waals surface area (Å²) in [6.45, 7) is 0.903. The zero-order chi connectivity index (χ0) is 14.5. The number of aromatic nitrogens is 3. The molecule has 2 atom stereocenters. The second-order valence-corrected chi connectivity index (χ2v) is 5.49. The highest BCUT2D eigenvalue weighted by Gasteiger charge is 2.25. The number of aliphatic hydroxyl groups excluding tert-OH is 1. The highest BCUT2D eigenvalue weighted by atomic mass is 16.3. The SMILES string of the molecule is CN(C[C@H]1CCCC[C@H]1O)C(=O)NCc1ncn(C)n1. The Morgan fingerprint density at radius 1 is 1.55 bits per heavy atom. The lowest BCUT2D eigenvalue weighted by atomic mass is 9.86. The fourth-order valence-corrected chi connectivity index (χ4v) is 2.59. The molecule has 112 valence electrons. The fourth-order valence-electron chi connectivity index (χ4n) is 2.59. The molecule has 2 N–H and O–H groups in total. The quantitative estimate of drug-likeness (QED) is 0.842. The minimum absolute atomic E-state index is 0.157. The molecule has 0 bridgehead atoms. The van der Waals surface area contributed by atoms with Gasteiger partial charge < -0.3 is 15.3 Å². The number of urea groups is 1. The predicted molar refractivity (Wildman–Crippen MR) is 73.8 cm³/mol. The molecule has 0 aromatic carbocycles. The maximum atomic E-state index is 12.0. The van der Waals surface area contributed by atoms with Crippen molar-refractivity contribution in [3.8, 4) is 0 Å². The molecule has 1 aliphatic carbocycles. The van der Waals surface area contributed by atoms with Crippen molar-refractivity contribution < 1.29 is 9.90 Å². The number of rotatable bonds is 4. The van der Waals surface area contributed by atoms with Crippen molar-refractivity contribution in [2.75, 3.05) is 13.6 Å². The molecule has 1 heterocycles. The molecule has 7 heteroatoms. The van der Waals surface area contributed by atoms with E-state index in [1.165, 1.54) is 0 Å². The van der Waals surface area contributed by atoms with Crippen molar-refractivity contribution in [2.45, 2.75) is 38.3 Å². The maximum Gasteiger partial charge on any atom is 0.317 e. The van der Waals surface area contributed by atoms with E-state index in [9.17, 15) is 9.90 Å². The van der Waals surface area contributed by atoms with Gasteiger partial charge in [0, 0.05) is 26.6 Å². The van der Waals surface area contributed by atoms with E-state index in [1.807, 2.05) is 0 Å². The van der Waals surface area contributed by atoms with Crippen LogP contribution in [0.1, 0.15) is 31.5 Å². The third-order valence-electron chi connectivity index (χ3n) is 3.77. The molecule has 0 spiro atoms. The Morgan fingerprint density at radius 2 is 2.30 bits per heavy atom. The molecule has 1 aromatic rings. The van der Waals surface area contributed by atoms with Crippen LogP contribution in [0.4, 0.5) is 4.79 Å². The average Bonchev–Trinajstić information content (AvgIpc) is 2.84. The van der Waals surface area contributed by atoms with E-state index in [2.05, 4.69) is 15.4 Å². The summed E-state index contributed by atoms with van der Waals surface area (Å²) >= 11 is 0. The van der Waals surface area contributed by atoms with E-state index >= 15 is 0 Å². The van der Waals surface area contributed by atoms with Crippen LogP contribution in [0.15, 0.2) is 6.33 Å². The molecule has 0 radical (unpaired) electrons. The molecule has 1 saturated carbocycles. The normalized spacial score (nSPS) is 22.6. The van der Waals surface area contributed by atoms with Gasteiger partial charge in [-0.1, -0.05) is 12.8 Å². The number of hydrogen-bond donors (Lipinski definition) is 2. The third-order valence-corrected chi connectivity index (χ3v) is 3.77. The zero-order valence-electron chi connectivity index (χ0n) is 12.1. The van der Waals surface area contributed by atoms with Gasteiger partial charge in [0.05, 0.1) is 12.6 Å². The van der Waals surface area contributed by atoms with Crippen molar-refractivity contribution in [3.05, 3.63) is 12.2 Å². The summed E-state index contributed by atoms with van der Waals surface area (Å²) < 4.78 is 1.60. The third kappa shape index (κ3) is 3.93. The Balaban J connectivity index is 1.76. The van der Waals surface area contributed by atoms with Crippen molar-refractivity contribution in [1.82, 2.24) is 25.0 Å². The first-order chi connectivity index (χ1) is 9.56. The van der Waals surface area contributed by atoms with Crippen LogP contribution in [0.25, 0.3) is 0 Å². The number of aliphatic hydroxyl groups is 1. The van der Waals surface area contributed by atoms with E-state index in [0.29, 0.717) is 18.9 Å². The largest absolute Gasteiger partial charge is 0.393 e. The minimum atomic E-state index is -0.281. The number of aryl methyl sites for hydroxylation is 1.